The van der Waals surface area contributed by atoms with E-state index in [1.807, 2.05) is 6.07 Å². The average molecular weight is 406 g/mol. The Balaban J connectivity index is 1.86. The fraction of sp³-hybridized carbons (Fsp3) is 0.238. The van der Waals surface area contributed by atoms with Crippen LogP contribution in [0.4, 0.5) is 0 Å². The lowest BCUT2D eigenvalue weighted by Gasteiger charge is -2.26. The average Bonchev–Trinajstić information content (AvgIpc) is 3.14. The number of nitrogens with two attached hydrogens (primary N) is 2. The molecule has 0 unspecified atom stereocenters. The monoisotopic (exact) mass is 406 g/mol. The highest BCUT2D eigenvalue weighted by Crippen LogP contribution is 2.29. The molecule has 1 fully saturated rings. The van der Waals surface area contributed by atoms with Gasteiger partial charge in [-0.05, 0) is 24.3 Å². The first kappa shape index (κ1) is 19.6. The first-order chi connectivity index (χ1) is 14.5. The van der Waals surface area contributed by atoms with Gasteiger partial charge in [0, 0.05) is 54.6 Å². The zero-order chi connectivity index (χ0) is 21.3. The summed E-state index contributed by atoms with van der Waals surface area (Å²) in [5.74, 6) is -0.653. The molecule has 0 saturated carbocycles. The first-order valence-corrected chi connectivity index (χ1v) is 9.51. The Bertz CT molecular complexity index is 1200. The SMILES string of the molecule is CN=CC(=CN)c1cc(C(N)=O)c2[nH]c3cc(C(=O)N4CCOCC4)ccc3c2n1. The zero-order valence-corrected chi connectivity index (χ0v) is 16.5. The summed E-state index contributed by atoms with van der Waals surface area (Å²) in [6.45, 7) is 2.20. The summed E-state index contributed by atoms with van der Waals surface area (Å²) in [6.07, 6.45) is 2.94. The van der Waals surface area contributed by atoms with Crippen LogP contribution in [0.3, 0.4) is 0 Å². The molecule has 5 N–H and O–H groups in total. The maximum Gasteiger partial charge on any atom is 0.254 e. The summed E-state index contributed by atoms with van der Waals surface area (Å²) in [6, 6.07) is 6.94. The molecule has 4 rings (SSSR count). The van der Waals surface area contributed by atoms with Crippen molar-refractivity contribution in [2.75, 3.05) is 33.4 Å². The van der Waals surface area contributed by atoms with Crippen molar-refractivity contribution >= 4 is 45.5 Å². The number of hydrogen-bond acceptors (Lipinski definition) is 6. The van der Waals surface area contributed by atoms with Crippen LogP contribution in [0.25, 0.3) is 27.5 Å². The largest absolute Gasteiger partial charge is 0.404 e. The van der Waals surface area contributed by atoms with Crippen molar-refractivity contribution < 1.29 is 14.3 Å². The lowest BCUT2D eigenvalue weighted by atomic mass is 10.1. The quantitative estimate of drug-likeness (QED) is 0.560. The highest BCUT2D eigenvalue weighted by molar-refractivity contribution is 6.16. The highest BCUT2D eigenvalue weighted by Gasteiger charge is 2.21. The Labute approximate surface area is 172 Å². The molecule has 3 aromatic rings. The number of primary amides is 1. The molecule has 0 spiro atoms. The fourth-order valence-corrected chi connectivity index (χ4v) is 3.61. The number of H-pyrrole nitrogens is 1. The lowest BCUT2D eigenvalue weighted by molar-refractivity contribution is 0.0303. The van der Waals surface area contributed by atoms with Gasteiger partial charge in [0.2, 0.25) is 0 Å². The number of fused-ring (bicyclic) bond motifs is 3. The van der Waals surface area contributed by atoms with Crippen molar-refractivity contribution in [1.82, 2.24) is 14.9 Å². The Morgan fingerprint density at radius 1 is 1.27 bits per heavy atom. The van der Waals surface area contributed by atoms with Crippen LogP contribution >= 0.6 is 0 Å². The predicted octanol–water partition coefficient (Wildman–Crippen LogP) is 1.29. The second kappa shape index (κ2) is 7.96. The van der Waals surface area contributed by atoms with Crippen molar-refractivity contribution in [2.24, 2.45) is 16.5 Å². The summed E-state index contributed by atoms with van der Waals surface area (Å²) >= 11 is 0. The van der Waals surface area contributed by atoms with Gasteiger partial charge in [0.25, 0.3) is 11.8 Å². The van der Waals surface area contributed by atoms with Gasteiger partial charge >= 0.3 is 0 Å². The van der Waals surface area contributed by atoms with E-state index in [2.05, 4.69) is 15.0 Å². The third-order valence-corrected chi connectivity index (χ3v) is 5.11. The van der Waals surface area contributed by atoms with Crippen LogP contribution in [0.5, 0.6) is 0 Å². The molecule has 3 heterocycles. The third-order valence-electron chi connectivity index (χ3n) is 5.11. The van der Waals surface area contributed by atoms with Crippen LogP contribution < -0.4 is 11.5 Å². The van der Waals surface area contributed by atoms with E-state index in [-0.39, 0.29) is 11.5 Å². The second-order valence-electron chi connectivity index (χ2n) is 6.94. The van der Waals surface area contributed by atoms with Gasteiger partial charge in [0.15, 0.2) is 0 Å². The summed E-state index contributed by atoms with van der Waals surface area (Å²) in [5, 5.41) is 0.776. The Morgan fingerprint density at radius 2 is 2.03 bits per heavy atom. The molecule has 30 heavy (non-hydrogen) atoms. The van der Waals surface area contributed by atoms with Gasteiger partial charge in [-0.2, -0.15) is 0 Å². The Hall–Kier alpha value is -3.72. The van der Waals surface area contributed by atoms with Gasteiger partial charge in [0.05, 0.1) is 35.5 Å². The minimum Gasteiger partial charge on any atom is -0.404 e. The van der Waals surface area contributed by atoms with Gasteiger partial charge in [-0.1, -0.05) is 0 Å². The van der Waals surface area contributed by atoms with Crippen molar-refractivity contribution in [3.8, 4) is 0 Å². The number of carbonyl (C=O) groups is 2. The number of aliphatic imine (C=N–C) groups is 1. The van der Waals surface area contributed by atoms with E-state index < -0.39 is 5.91 Å². The maximum absolute atomic E-state index is 12.8. The van der Waals surface area contributed by atoms with E-state index in [1.54, 1.807) is 36.4 Å². The number of benzene rings is 1. The number of pyridine rings is 1. The van der Waals surface area contributed by atoms with Crippen molar-refractivity contribution in [2.45, 2.75) is 0 Å². The molecule has 9 heteroatoms. The summed E-state index contributed by atoms with van der Waals surface area (Å²) in [7, 11) is 1.62. The van der Waals surface area contributed by atoms with Crippen LogP contribution in [0.2, 0.25) is 0 Å². The summed E-state index contributed by atoms with van der Waals surface area (Å²) in [4.78, 5) is 38.5. The molecule has 9 nitrogen and oxygen atoms in total. The second-order valence-corrected chi connectivity index (χ2v) is 6.94. The number of nitrogens with one attached hydrogen (secondary N) is 1. The number of rotatable bonds is 4. The predicted molar refractivity (Wildman–Crippen MR) is 115 cm³/mol. The van der Waals surface area contributed by atoms with Crippen molar-refractivity contribution in [3.63, 3.8) is 0 Å². The number of aromatic nitrogens is 2. The third kappa shape index (κ3) is 3.39. The van der Waals surface area contributed by atoms with E-state index in [4.69, 9.17) is 16.2 Å². The highest BCUT2D eigenvalue weighted by atomic mass is 16.5. The fourth-order valence-electron chi connectivity index (χ4n) is 3.61. The van der Waals surface area contributed by atoms with E-state index >= 15 is 0 Å². The summed E-state index contributed by atoms with van der Waals surface area (Å²) in [5.41, 5.74) is 15.0. The van der Waals surface area contributed by atoms with Crippen molar-refractivity contribution in [1.29, 1.82) is 0 Å². The maximum atomic E-state index is 12.8. The number of amides is 2. The molecule has 154 valence electrons. The number of aromatic amines is 1. The van der Waals surface area contributed by atoms with Gasteiger partial charge in [-0.3, -0.25) is 14.6 Å². The first-order valence-electron chi connectivity index (χ1n) is 9.51. The molecule has 1 aliphatic rings. The number of carbonyl (C=O) groups excluding carboxylic acids is 2. The normalized spacial score (nSPS) is 15.4. The molecule has 1 saturated heterocycles. The minimum atomic E-state index is -0.593. The van der Waals surface area contributed by atoms with Gasteiger partial charge in [-0.15, -0.1) is 0 Å². The number of allylic oxidation sites excluding steroid dienone is 1. The molecular formula is C21H22N6O3. The number of hydrogen-bond donors (Lipinski definition) is 3. The van der Waals surface area contributed by atoms with Gasteiger partial charge in [-0.25, -0.2) is 4.98 Å². The van der Waals surface area contributed by atoms with E-state index in [9.17, 15) is 9.59 Å². The molecule has 0 radical (unpaired) electrons. The van der Waals surface area contributed by atoms with E-state index in [1.165, 1.54) is 6.20 Å². The summed E-state index contributed by atoms with van der Waals surface area (Å²) < 4.78 is 5.31. The molecule has 0 bridgehead atoms. The minimum absolute atomic E-state index is 0.0601. The van der Waals surface area contributed by atoms with Gasteiger partial charge in [0.1, 0.15) is 0 Å². The smallest absolute Gasteiger partial charge is 0.254 e. The number of ether oxygens (including phenoxy) is 1. The molecule has 0 aliphatic carbocycles. The van der Waals surface area contributed by atoms with Crippen LogP contribution in [0, 0.1) is 0 Å². The van der Waals surface area contributed by atoms with Gasteiger partial charge < -0.3 is 26.1 Å². The number of nitrogens with zero attached hydrogens (tertiary/aromatic N) is 3. The molecular weight excluding hydrogens is 384 g/mol. The van der Waals surface area contributed by atoms with Crippen LogP contribution in [0.1, 0.15) is 26.4 Å². The molecule has 1 aliphatic heterocycles. The molecule has 1 aromatic carbocycles. The molecule has 2 amide bonds. The number of morpholine rings is 1. The molecule has 2 aromatic heterocycles. The Kier molecular flexibility index (Phi) is 5.20. The topological polar surface area (TPSA) is 140 Å². The van der Waals surface area contributed by atoms with Crippen LogP contribution in [-0.4, -0.2) is 66.2 Å². The van der Waals surface area contributed by atoms with Crippen LogP contribution in [-0.2, 0) is 4.74 Å². The molecule has 0 atom stereocenters. The van der Waals surface area contributed by atoms with Crippen LogP contribution in [0.15, 0.2) is 35.5 Å². The van der Waals surface area contributed by atoms with E-state index in [0.717, 1.165) is 5.39 Å². The Morgan fingerprint density at radius 3 is 2.70 bits per heavy atom. The standard InChI is InChI=1S/C21H22N6O3/c1-24-11-13(10-22)16-9-15(20(23)28)19-18(25-16)14-3-2-12(8-17(14)26-19)21(29)27-4-6-30-7-5-27/h2-3,8-11,26H,4-7,22H2,1H3,(H2,23,28). The van der Waals surface area contributed by atoms with E-state index in [0.29, 0.717) is 59.7 Å². The lowest BCUT2D eigenvalue weighted by Crippen LogP contribution is -2.40. The van der Waals surface area contributed by atoms with Crippen molar-refractivity contribution in [3.05, 3.63) is 47.3 Å². The zero-order valence-electron chi connectivity index (χ0n) is 16.5.